The highest BCUT2D eigenvalue weighted by Gasteiger charge is 2.40. The number of thiophene rings is 1. The van der Waals surface area contributed by atoms with E-state index in [1.165, 1.54) is 48.0 Å². The molecule has 190 valence electrons. The molecular formula is C37H26N2S. The standard InChI is InChI=1S/C37H26N2S/c1-37(2)30-20-8-6-17-29(30)34-32(37)33(38-36(39-34)23-12-4-3-5-13-23)25-15-10-14-24(22-25)26-18-11-19-28-27-16-7-9-21-31(27)40-35(26)28/h3-22H,1-2H3. The number of aromatic nitrogens is 2. The van der Waals surface area contributed by atoms with Crippen LogP contribution in [-0.2, 0) is 5.41 Å². The lowest BCUT2D eigenvalue weighted by Gasteiger charge is -2.24. The maximum absolute atomic E-state index is 5.29. The molecule has 0 radical (unpaired) electrons. The number of rotatable bonds is 3. The van der Waals surface area contributed by atoms with Crippen molar-refractivity contribution in [3.8, 4) is 45.0 Å². The molecule has 0 fully saturated rings. The average Bonchev–Trinajstić information content (AvgIpc) is 3.50. The van der Waals surface area contributed by atoms with E-state index in [1.54, 1.807) is 0 Å². The van der Waals surface area contributed by atoms with Gasteiger partial charge in [-0.05, 0) is 28.8 Å². The van der Waals surface area contributed by atoms with E-state index < -0.39 is 0 Å². The van der Waals surface area contributed by atoms with E-state index in [0.717, 1.165) is 28.3 Å². The number of nitrogens with zero attached hydrogens (tertiary/aromatic N) is 2. The van der Waals surface area contributed by atoms with Gasteiger partial charge in [0.2, 0.25) is 0 Å². The Bertz CT molecular complexity index is 2090. The highest BCUT2D eigenvalue weighted by Crippen LogP contribution is 2.51. The number of fused-ring (bicyclic) bond motifs is 6. The van der Waals surface area contributed by atoms with Gasteiger partial charge in [0.05, 0.1) is 11.4 Å². The summed E-state index contributed by atoms with van der Waals surface area (Å²) in [5.41, 5.74) is 10.2. The van der Waals surface area contributed by atoms with E-state index in [0.29, 0.717) is 0 Å². The van der Waals surface area contributed by atoms with Crippen LogP contribution in [0.5, 0.6) is 0 Å². The molecule has 2 heterocycles. The van der Waals surface area contributed by atoms with Gasteiger partial charge in [0.25, 0.3) is 0 Å². The summed E-state index contributed by atoms with van der Waals surface area (Å²) in [6.45, 7) is 4.60. The Morgan fingerprint density at radius 1 is 0.550 bits per heavy atom. The molecule has 0 saturated carbocycles. The highest BCUT2D eigenvalue weighted by molar-refractivity contribution is 7.26. The van der Waals surface area contributed by atoms with Crippen molar-refractivity contribution in [2.45, 2.75) is 19.3 Å². The van der Waals surface area contributed by atoms with Gasteiger partial charge in [-0.3, -0.25) is 0 Å². The molecule has 2 aromatic heterocycles. The zero-order chi connectivity index (χ0) is 26.8. The molecule has 3 heteroatoms. The number of hydrogen-bond donors (Lipinski definition) is 0. The van der Waals surface area contributed by atoms with Crippen molar-refractivity contribution >= 4 is 31.5 Å². The van der Waals surface area contributed by atoms with Gasteiger partial charge in [-0.2, -0.15) is 0 Å². The minimum absolute atomic E-state index is 0.210. The second-order valence-corrected chi connectivity index (χ2v) is 12.1. The van der Waals surface area contributed by atoms with Crippen LogP contribution in [0.25, 0.3) is 65.2 Å². The van der Waals surface area contributed by atoms with Crippen LogP contribution >= 0.6 is 11.3 Å². The molecule has 0 amide bonds. The van der Waals surface area contributed by atoms with Crippen LogP contribution in [0.1, 0.15) is 25.0 Å². The van der Waals surface area contributed by atoms with Crippen molar-refractivity contribution in [3.63, 3.8) is 0 Å². The molecule has 0 bridgehead atoms. The van der Waals surface area contributed by atoms with Gasteiger partial charge in [-0.15, -0.1) is 11.3 Å². The first-order valence-corrected chi connectivity index (χ1v) is 14.5. The van der Waals surface area contributed by atoms with Gasteiger partial charge in [0.15, 0.2) is 5.82 Å². The molecule has 0 aliphatic heterocycles. The first-order chi connectivity index (χ1) is 19.6. The monoisotopic (exact) mass is 530 g/mol. The number of hydrogen-bond acceptors (Lipinski definition) is 3. The lowest BCUT2D eigenvalue weighted by atomic mass is 9.80. The molecule has 5 aromatic carbocycles. The molecular weight excluding hydrogens is 504 g/mol. The van der Waals surface area contributed by atoms with Crippen LogP contribution in [0, 0.1) is 0 Å². The molecule has 1 aliphatic rings. The second-order valence-electron chi connectivity index (χ2n) is 11.0. The quantitative estimate of drug-likeness (QED) is 0.227. The Morgan fingerprint density at radius 2 is 1.20 bits per heavy atom. The fraction of sp³-hybridized carbons (Fsp3) is 0.0811. The fourth-order valence-corrected chi connectivity index (χ4v) is 7.59. The highest BCUT2D eigenvalue weighted by atomic mass is 32.1. The molecule has 7 aromatic rings. The van der Waals surface area contributed by atoms with Crippen molar-refractivity contribution in [1.82, 2.24) is 9.97 Å². The summed E-state index contributed by atoms with van der Waals surface area (Å²) in [5.74, 6) is 0.763. The lowest BCUT2D eigenvalue weighted by Crippen LogP contribution is -2.17. The topological polar surface area (TPSA) is 25.8 Å². The fourth-order valence-electron chi connectivity index (χ4n) is 6.35. The molecule has 1 aliphatic carbocycles. The van der Waals surface area contributed by atoms with E-state index in [1.807, 2.05) is 17.4 Å². The molecule has 8 rings (SSSR count). The second kappa shape index (κ2) is 8.70. The first kappa shape index (κ1) is 23.3. The molecule has 40 heavy (non-hydrogen) atoms. The number of benzene rings is 5. The largest absolute Gasteiger partial charge is 0.228 e. The average molecular weight is 531 g/mol. The van der Waals surface area contributed by atoms with Crippen molar-refractivity contribution in [1.29, 1.82) is 0 Å². The summed E-state index contributed by atoms with van der Waals surface area (Å²) in [5, 5.41) is 2.63. The van der Waals surface area contributed by atoms with E-state index >= 15 is 0 Å². The Balaban J connectivity index is 1.38. The summed E-state index contributed by atoms with van der Waals surface area (Å²) in [6, 6.07) is 43.3. The van der Waals surface area contributed by atoms with Crippen molar-refractivity contribution in [2.75, 3.05) is 0 Å². The zero-order valence-corrected chi connectivity index (χ0v) is 23.2. The first-order valence-electron chi connectivity index (χ1n) is 13.7. The van der Waals surface area contributed by atoms with Gasteiger partial charge in [-0.1, -0.05) is 123 Å². The maximum Gasteiger partial charge on any atom is 0.160 e. The lowest BCUT2D eigenvalue weighted by molar-refractivity contribution is 0.658. The predicted molar refractivity (Wildman–Crippen MR) is 169 cm³/mol. The molecule has 2 nitrogen and oxygen atoms in total. The van der Waals surface area contributed by atoms with Gasteiger partial charge < -0.3 is 0 Å². The van der Waals surface area contributed by atoms with Gasteiger partial charge in [0.1, 0.15) is 0 Å². The zero-order valence-electron chi connectivity index (χ0n) is 22.3. The van der Waals surface area contributed by atoms with Crippen LogP contribution in [0.3, 0.4) is 0 Å². The van der Waals surface area contributed by atoms with Crippen molar-refractivity contribution in [3.05, 3.63) is 132 Å². The third-order valence-corrected chi connectivity index (χ3v) is 9.49. The van der Waals surface area contributed by atoms with Crippen molar-refractivity contribution in [2.24, 2.45) is 0 Å². The van der Waals surface area contributed by atoms with Crippen LogP contribution in [0.2, 0.25) is 0 Å². The summed E-state index contributed by atoms with van der Waals surface area (Å²) >= 11 is 1.87. The maximum atomic E-state index is 5.29. The third-order valence-electron chi connectivity index (χ3n) is 8.27. The van der Waals surface area contributed by atoms with E-state index in [2.05, 4.69) is 129 Å². The molecule has 0 spiro atoms. The summed E-state index contributed by atoms with van der Waals surface area (Å²) in [6.07, 6.45) is 0. The Morgan fingerprint density at radius 3 is 2.10 bits per heavy atom. The Kier molecular flexibility index (Phi) is 5.07. The normalized spacial score (nSPS) is 13.4. The van der Waals surface area contributed by atoms with Crippen LogP contribution in [0.15, 0.2) is 121 Å². The molecule has 0 saturated heterocycles. The van der Waals surface area contributed by atoms with Crippen LogP contribution in [-0.4, -0.2) is 9.97 Å². The van der Waals surface area contributed by atoms with Gasteiger partial charge in [0, 0.05) is 47.8 Å². The van der Waals surface area contributed by atoms with Gasteiger partial charge >= 0.3 is 0 Å². The molecule has 0 unspecified atom stereocenters. The van der Waals surface area contributed by atoms with E-state index in [9.17, 15) is 0 Å². The Hall–Kier alpha value is -4.60. The molecule has 0 atom stereocenters. The minimum atomic E-state index is -0.210. The van der Waals surface area contributed by atoms with Crippen molar-refractivity contribution < 1.29 is 0 Å². The summed E-state index contributed by atoms with van der Waals surface area (Å²) < 4.78 is 2.65. The predicted octanol–water partition coefficient (Wildman–Crippen LogP) is 10.2. The smallest absolute Gasteiger partial charge is 0.160 e. The van der Waals surface area contributed by atoms with E-state index in [-0.39, 0.29) is 5.41 Å². The van der Waals surface area contributed by atoms with Gasteiger partial charge in [-0.25, -0.2) is 9.97 Å². The van der Waals surface area contributed by atoms with Crippen LogP contribution in [0.4, 0.5) is 0 Å². The van der Waals surface area contributed by atoms with E-state index in [4.69, 9.17) is 9.97 Å². The molecule has 0 N–H and O–H groups in total. The summed E-state index contributed by atoms with van der Waals surface area (Å²) in [4.78, 5) is 10.5. The third kappa shape index (κ3) is 3.41. The summed E-state index contributed by atoms with van der Waals surface area (Å²) in [7, 11) is 0. The minimum Gasteiger partial charge on any atom is -0.228 e. The van der Waals surface area contributed by atoms with Crippen LogP contribution < -0.4 is 0 Å². The SMILES string of the molecule is CC1(C)c2ccccc2-c2nc(-c3ccccc3)nc(-c3cccc(-c4cccc5c4sc4ccccc45)c3)c21. The Labute approximate surface area is 237 Å².